The Hall–Kier alpha value is -0.690. The molecular weight excluding hydrogens is 303 g/mol. The van der Waals surface area contributed by atoms with Crippen LogP contribution in [0.3, 0.4) is 0 Å². The molecule has 2 rings (SSSR count). The molecule has 1 saturated carbocycles. The van der Waals surface area contributed by atoms with E-state index < -0.39 is 15.8 Å². The van der Waals surface area contributed by atoms with Gasteiger partial charge in [-0.3, -0.25) is 0 Å². The molecule has 0 bridgehead atoms. The monoisotopic (exact) mass is 322 g/mol. The minimum absolute atomic E-state index is 0. The van der Waals surface area contributed by atoms with Crippen molar-refractivity contribution in [3.63, 3.8) is 0 Å². The average molecular weight is 323 g/mol. The summed E-state index contributed by atoms with van der Waals surface area (Å²) in [5.74, 6) is -0.156. The molecule has 1 aliphatic carbocycles. The molecule has 0 aliphatic heterocycles. The highest BCUT2D eigenvalue weighted by molar-refractivity contribution is 7.89. The normalized spacial score (nSPS) is 23.1. The van der Waals surface area contributed by atoms with Crippen molar-refractivity contribution >= 4 is 22.4 Å². The van der Waals surface area contributed by atoms with E-state index >= 15 is 0 Å². The summed E-state index contributed by atoms with van der Waals surface area (Å²) in [6, 6.07) is 5.00. The van der Waals surface area contributed by atoms with Crippen molar-refractivity contribution in [3.8, 4) is 0 Å². The van der Waals surface area contributed by atoms with E-state index in [1.807, 2.05) is 0 Å². The molecule has 2 atom stereocenters. The smallest absolute Gasteiger partial charge is 0.240 e. The van der Waals surface area contributed by atoms with E-state index in [1.165, 1.54) is 12.1 Å². The van der Waals surface area contributed by atoms with Gasteiger partial charge in [0, 0.05) is 12.6 Å². The van der Waals surface area contributed by atoms with Gasteiger partial charge < -0.3 is 5.73 Å². The largest absolute Gasteiger partial charge is 0.328 e. The molecule has 2 unspecified atom stereocenters. The summed E-state index contributed by atoms with van der Waals surface area (Å²) in [7, 11) is -3.55. The highest BCUT2D eigenvalue weighted by atomic mass is 35.5. The lowest BCUT2D eigenvalue weighted by atomic mass is 9.86. The minimum Gasteiger partial charge on any atom is -0.328 e. The third kappa shape index (κ3) is 4.70. The first-order valence-corrected chi connectivity index (χ1v) is 7.96. The Morgan fingerprint density at radius 3 is 2.50 bits per heavy atom. The first-order valence-electron chi connectivity index (χ1n) is 6.48. The molecular formula is C13H20ClFN2O2S. The van der Waals surface area contributed by atoms with Crippen molar-refractivity contribution in [1.82, 2.24) is 4.72 Å². The second kappa shape index (κ2) is 7.36. The summed E-state index contributed by atoms with van der Waals surface area (Å²) in [5, 5.41) is 0. The fourth-order valence-corrected chi connectivity index (χ4v) is 3.56. The van der Waals surface area contributed by atoms with Crippen molar-refractivity contribution in [2.24, 2.45) is 11.7 Å². The van der Waals surface area contributed by atoms with E-state index in [0.29, 0.717) is 12.5 Å². The van der Waals surface area contributed by atoms with Crippen LogP contribution in [0.2, 0.25) is 0 Å². The lowest BCUT2D eigenvalue weighted by Gasteiger charge is -2.26. The van der Waals surface area contributed by atoms with Crippen LogP contribution < -0.4 is 10.5 Å². The molecule has 20 heavy (non-hydrogen) atoms. The molecule has 7 heteroatoms. The van der Waals surface area contributed by atoms with Crippen LogP contribution in [0.5, 0.6) is 0 Å². The fourth-order valence-electron chi connectivity index (χ4n) is 2.44. The second-order valence-corrected chi connectivity index (χ2v) is 6.87. The number of hydrogen-bond acceptors (Lipinski definition) is 3. The minimum atomic E-state index is -3.55. The molecule has 0 saturated heterocycles. The number of rotatable bonds is 4. The zero-order valence-electron chi connectivity index (χ0n) is 11.1. The standard InChI is InChI=1S/C13H19FN2O2S.ClH/c14-11-4-6-13(7-5-11)19(17,18)16-9-10-2-1-3-12(15)8-10;/h4-7,10,12,16H,1-3,8-9,15H2;1H. The first kappa shape index (κ1) is 17.4. The predicted octanol–water partition coefficient (Wildman–Crippen LogP) is 2.04. The Labute approximate surface area is 125 Å². The third-order valence-corrected chi connectivity index (χ3v) is 4.95. The van der Waals surface area contributed by atoms with Crippen LogP contribution in [-0.2, 0) is 10.0 Å². The maximum atomic E-state index is 12.8. The van der Waals surface area contributed by atoms with Crippen LogP contribution in [0.4, 0.5) is 4.39 Å². The van der Waals surface area contributed by atoms with Crippen molar-refractivity contribution < 1.29 is 12.8 Å². The van der Waals surface area contributed by atoms with Crippen LogP contribution in [0.25, 0.3) is 0 Å². The van der Waals surface area contributed by atoms with Crippen LogP contribution in [0.15, 0.2) is 29.2 Å². The van der Waals surface area contributed by atoms with Gasteiger partial charge in [0.2, 0.25) is 10.0 Å². The Morgan fingerprint density at radius 2 is 1.90 bits per heavy atom. The topological polar surface area (TPSA) is 72.2 Å². The fraction of sp³-hybridized carbons (Fsp3) is 0.538. The molecule has 4 nitrogen and oxygen atoms in total. The van der Waals surface area contributed by atoms with Crippen molar-refractivity contribution in [2.45, 2.75) is 36.6 Å². The molecule has 1 aliphatic rings. The van der Waals surface area contributed by atoms with E-state index in [0.717, 1.165) is 37.8 Å². The molecule has 1 fully saturated rings. The number of nitrogens with two attached hydrogens (primary N) is 1. The van der Waals surface area contributed by atoms with E-state index in [-0.39, 0.29) is 23.3 Å². The molecule has 0 amide bonds. The first-order chi connectivity index (χ1) is 8.97. The van der Waals surface area contributed by atoms with Gasteiger partial charge in [-0.15, -0.1) is 12.4 Å². The lowest BCUT2D eigenvalue weighted by Crippen LogP contribution is -2.35. The van der Waals surface area contributed by atoms with Gasteiger partial charge in [-0.25, -0.2) is 17.5 Å². The molecule has 0 spiro atoms. The van der Waals surface area contributed by atoms with Gasteiger partial charge in [0.05, 0.1) is 4.90 Å². The number of nitrogens with one attached hydrogen (secondary N) is 1. The molecule has 0 radical (unpaired) electrons. The Morgan fingerprint density at radius 1 is 1.25 bits per heavy atom. The highest BCUT2D eigenvalue weighted by Crippen LogP contribution is 2.22. The van der Waals surface area contributed by atoms with Gasteiger partial charge in [-0.05, 0) is 49.4 Å². The van der Waals surface area contributed by atoms with Crippen molar-refractivity contribution in [1.29, 1.82) is 0 Å². The van der Waals surface area contributed by atoms with Gasteiger partial charge in [0.1, 0.15) is 5.82 Å². The molecule has 1 aromatic rings. The van der Waals surface area contributed by atoms with Crippen LogP contribution in [0.1, 0.15) is 25.7 Å². The predicted molar refractivity (Wildman–Crippen MR) is 78.8 cm³/mol. The SMILES string of the molecule is Cl.NC1CCCC(CNS(=O)(=O)c2ccc(F)cc2)C1. The Balaban J connectivity index is 0.00000200. The average Bonchev–Trinajstić information content (AvgIpc) is 2.37. The summed E-state index contributed by atoms with van der Waals surface area (Å²) in [6.45, 7) is 0.396. The maximum absolute atomic E-state index is 12.8. The third-order valence-electron chi connectivity index (χ3n) is 3.51. The Kier molecular flexibility index (Phi) is 6.39. The molecule has 114 valence electrons. The zero-order chi connectivity index (χ0) is 13.9. The van der Waals surface area contributed by atoms with Crippen LogP contribution in [0, 0.1) is 11.7 Å². The maximum Gasteiger partial charge on any atom is 0.240 e. The molecule has 0 heterocycles. The van der Waals surface area contributed by atoms with E-state index in [1.54, 1.807) is 0 Å². The summed E-state index contributed by atoms with van der Waals surface area (Å²) >= 11 is 0. The van der Waals surface area contributed by atoms with Gasteiger partial charge in [0.15, 0.2) is 0 Å². The number of hydrogen-bond donors (Lipinski definition) is 2. The quantitative estimate of drug-likeness (QED) is 0.891. The summed E-state index contributed by atoms with van der Waals surface area (Å²) in [4.78, 5) is 0.0917. The van der Waals surface area contributed by atoms with Crippen LogP contribution in [-0.4, -0.2) is 21.0 Å². The van der Waals surface area contributed by atoms with Crippen molar-refractivity contribution in [2.75, 3.05) is 6.54 Å². The number of sulfonamides is 1. The summed E-state index contributed by atoms with van der Waals surface area (Å²) < 4.78 is 39.4. The molecule has 3 N–H and O–H groups in total. The van der Waals surface area contributed by atoms with Crippen molar-refractivity contribution in [3.05, 3.63) is 30.1 Å². The number of benzene rings is 1. The highest BCUT2D eigenvalue weighted by Gasteiger charge is 2.21. The summed E-state index contributed by atoms with van der Waals surface area (Å²) in [5.41, 5.74) is 5.87. The van der Waals surface area contributed by atoms with E-state index in [4.69, 9.17) is 5.73 Å². The number of halogens is 2. The van der Waals surface area contributed by atoms with Gasteiger partial charge in [-0.2, -0.15) is 0 Å². The second-order valence-electron chi connectivity index (χ2n) is 5.10. The molecule has 0 aromatic heterocycles. The Bertz CT molecular complexity index is 522. The van der Waals surface area contributed by atoms with Gasteiger partial charge in [0.25, 0.3) is 0 Å². The summed E-state index contributed by atoms with van der Waals surface area (Å²) in [6.07, 6.45) is 3.91. The molecule has 1 aromatic carbocycles. The van der Waals surface area contributed by atoms with E-state index in [9.17, 15) is 12.8 Å². The van der Waals surface area contributed by atoms with Gasteiger partial charge >= 0.3 is 0 Å². The van der Waals surface area contributed by atoms with Gasteiger partial charge in [-0.1, -0.05) is 6.42 Å². The van der Waals surface area contributed by atoms with E-state index in [2.05, 4.69) is 4.72 Å². The lowest BCUT2D eigenvalue weighted by molar-refractivity contribution is 0.322. The van der Waals surface area contributed by atoms with Crippen LogP contribution >= 0.6 is 12.4 Å². The zero-order valence-corrected chi connectivity index (χ0v) is 12.7.